The van der Waals surface area contributed by atoms with E-state index in [4.69, 9.17) is 5.11 Å². The maximum Gasteiger partial charge on any atom is 0.307 e. The van der Waals surface area contributed by atoms with E-state index in [-0.39, 0.29) is 6.42 Å². The van der Waals surface area contributed by atoms with Crippen molar-refractivity contribution in [3.8, 4) is 0 Å². The number of allylic oxidation sites excluding steroid dienone is 1. The van der Waals surface area contributed by atoms with Crippen molar-refractivity contribution in [2.75, 3.05) is 0 Å². The highest BCUT2D eigenvalue weighted by Crippen LogP contribution is 2.31. The summed E-state index contributed by atoms with van der Waals surface area (Å²) < 4.78 is 24.7. The van der Waals surface area contributed by atoms with Crippen LogP contribution in [0.5, 0.6) is 0 Å². The minimum absolute atomic E-state index is 0.229. The monoisotopic (exact) mass is 242 g/mol. The summed E-state index contributed by atoms with van der Waals surface area (Å²) in [4.78, 5) is 7.01. The number of hydrogen-bond acceptors (Lipinski definition) is 1. The summed E-state index contributed by atoms with van der Waals surface area (Å²) >= 11 is 2.18. The second kappa shape index (κ2) is 4.54. The van der Waals surface area contributed by atoms with Gasteiger partial charge in [0.15, 0.2) is 0 Å². The molecule has 0 bridgehead atoms. The Morgan fingerprint density at radius 2 is 2.25 bits per heavy atom. The van der Waals surface area contributed by atoms with Gasteiger partial charge < -0.3 is 5.11 Å². The molecule has 5 heteroatoms. The lowest BCUT2D eigenvalue weighted by Crippen LogP contribution is -2.15. The van der Waals surface area contributed by atoms with Gasteiger partial charge in [0, 0.05) is 5.92 Å². The lowest BCUT2D eigenvalue weighted by atomic mass is 10.1. The Kier molecular flexibility index (Phi) is 4.37. The molecule has 70 valence electrons. The highest BCUT2D eigenvalue weighted by Gasteiger charge is 2.30. The molecule has 1 unspecified atom stereocenters. The Morgan fingerprint density at radius 3 is 2.58 bits per heavy atom. The van der Waals surface area contributed by atoms with Crippen LogP contribution in [-0.4, -0.2) is 15.9 Å². The Bertz CT molecular complexity index is 186. The Hall–Kier alpha value is -0.450. The average molecular weight is 243 g/mol. The standard InChI is InChI=1S/C7H9BrF2O2/c1-5(7(8,9)10)3-2-4-6(11)12/h2-3,5H,4H2,1H3,(H,11,12)/b3-2+. The number of carbonyl (C=O) groups is 1. The molecule has 0 heterocycles. The number of aliphatic carboxylic acids is 1. The first kappa shape index (κ1) is 11.6. The zero-order chi connectivity index (χ0) is 9.78. The molecule has 0 amide bonds. The summed E-state index contributed by atoms with van der Waals surface area (Å²) in [5.41, 5.74) is 0. The third kappa shape index (κ3) is 5.23. The highest BCUT2D eigenvalue weighted by atomic mass is 79.9. The lowest BCUT2D eigenvalue weighted by Gasteiger charge is -2.12. The summed E-state index contributed by atoms with van der Waals surface area (Å²) in [5.74, 6) is -2.03. The fourth-order valence-corrected chi connectivity index (χ4v) is 0.635. The molecule has 0 aromatic carbocycles. The predicted octanol–water partition coefficient (Wildman–Crippen LogP) is 2.64. The van der Waals surface area contributed by atoms with Crippen molar-refractivity contribution in [1.29, 1.82) is 0 Å². The van der Waals surface area contributed by atoms with Crippen molar-refractivity contribution >= 4 is 21.9 Å². The summed E-state index contributed by atoms with van der Waals surface area (Å²) in [5, 5.41) is 8.18. The van der Waals surface area contributed by atoms with Crippen LogP contribution in [0.4, 0.5) is 8.78 Å². The highest BCUT2D eigenvalue weighted by molar-refractivity contribution is 9.10. The van der Waals surface area contributed by atoms with Crippen LogP contribution < -0.4 is 0 Å². The molecule has 0 spiro atoms. The Balaban J connectivity index is 3.92. The van der Waals surface area contributed by atoms with Gasteiger partial charge in [-0.15, -0.1) is 0 Å². The molecule has 0 radical (unpaired) electrons. The maximum absolute atomic E-state index is 12.4. The summed E-state index contributed by atoms with van der Waals surface area (Å²) in [6, 6.07) is 0. The molecule has 0 aliphatic heterocycles. The molecule has 0 rings (SSSR count). The first-order valence-electron chi connectivity index (χ1n) is 3.29. The van der Waals surface area contributed by atoms with Gasteiger partial charge in [-0.2, -0.15) is 8.78 Å². The van der Waals surface area contributed by atoms with Crippen LogP contribution in [0.25, 0.3) is 0 Å². The Morgan fingerprint density at radius 1 is 1.75 bits per heavy atom. The van der Waals surface area contributed by atoms with Crippen LogP contribution in [-0.2, 0) is 4.79 Å². The minimum atomic E-state index is -2.97. The molecule has 1 N–H and O–H groups in total. The van der Waals surface area contributed by atoms with Gasteiger partial charge in [0.05, 0.1) is 6.42 Å². The smallest absolute Gasteiger partial charge is 0.307 e. The van der Waals surface area contributed by atoms with E-state index in [1.165, 1.54) is 19.1 Å². The van der Waals surface area contributed by atoms with Gasteiger partial charge >= 0.3 is 10.8 Å². The van der Waals surface area contributed by atoms with Crippen LogP contribution in [0.3, 0.4) is 0 Å². The van der Waals surface area contributed by atoms with Crippen molar-refractivity contribution in [2.24, 2.45) is 5.92 Å². The van der Waals surface area contributed by atoms with Crippen molar-refractivity contribution in [3.63, 3.8) is 0 Å². The van der Waals surface area contributed by atoms with Crippen molar-refractivity contribution in [1.82, 2.24) is 0 Å². The normalized spacial score (nSPS) is 15.0. The van der Waals surface area contributed by atoms with Crippen LogP contribution in [0.15, 0.2) is 12.2 Å². The lowest BCUT2D eigenvalue weighted by molar-refractivity contribution is -0.136. The molecule has 0 saturated carbocycles. The zero-order valence-corrected chi connectivity index (χ0v) is 8.01. The first-order chi connectivity index (χ1) is 5.34. The number of hydrogen-bond donors (Lipinski definition) is 1. The molecule has 0 aliphatic rings. The summed E-state index contributed by atoms with van der Waals surface area (Å²) in [7, 11) is 0. The van der Waals surface area contributed by atoms with E-state index in [0.29, 0.717) is 0 Å². The van der Waals surface area contributed by atoms with E-state index in [9.17, 15) is 13.6 Å². The van der Waals surface area contributed by atoms with E-state index in [1.807, 2.05) is 0 Å². The van der Waals surface area contributed by atoms with Crippen LogP contribution in [0, 0.1) is 5.92 Å². The largest absolute Gasteiger partial charge is 0.481 e. The first-order valence-corrected chi connectivity index (χ1v) is 4.08. The molecular weight excluding hydrogens is 234 g/mol. The number of rotatable bonds is 4. The van der Waals surface area contributed by atoms with Gasteiger partial charge in [0.2, 0.25) is 0 Å². The van der Waals surface area contributed by atoms with E-state index in [0.717, 1.165) is 0 Å². The van der Waals surface area contributed by atoms with Crippen LogP contribution >= 0.6 is 15.9 Å². The van der Waals surface area contributed by atoms with Crippen molar-refractivity contribution < 1.29 is 18.7 Å². The van der Waals surface area contributed by atoms with Gasteiger partial charge in [-0.25, -0.2) is 0 Å². The molecule has 2 nitrogen and oxygen atoms in total. The van der Waals surface area contributed by atoms with E-state index in [1.54, 1.807) is 0 Å². The number of halogens is 3. The van der Waals surface area contributed by atoms with Crippen LogP contribution in [0.2, 0.25) is 0 Å². The van der Waals surface area contributed by atoms with E-state index < -0.39 is 16.7 Å². The van der Waals surface area contributed by atoms with Gasteiger partial charge in [0.25, 0.3) is 0 Å². The number of carboxylic acids is 1. The van der Waals surface area contributed by atoms with E-state index in [2.05, 4.69) is 15.9 Å². The van der Waals surface area contributed by atoms with Gasteiger partial charge in [-0.1, -0.05) is 19.1 Å². The molecule has 0 fully saturated rings. The topological polar surface area (TPSA) is 37.3 Å². The second-order valence-corrected chi connectivity index (χ2v) is 3.41. The SMILES string of the molecule is CC(/C=C/CC(=O)O)C(F)(F)Br. The average Bonchev–Trinajstić information content (AvgIpc) is 1.84. The van der Waals surface area contributed by atoms with Crippen LogP contribution in [0.1, 0.15) is 13.3 Å². The second-order valence-electron chi connectivity index (χ2n) is 2.36. The van der Waals surface area contributed by atoms with E-state index >= 15 is 0 Å². The molecule has 0 aliphatic carbocycles. The molecule has 0 aromatic heterocycles. The number of alkyl halides is 3. The van der Waals surface area contributed by atoms with Gasteiger partial charge in [-0.3, -0.25) is 4.79 Å². The predicted molar refractivity (Wildman–Crippen MR) is 44.4 cm³/mol. The molecule has 12 heavy (non-hydrogen) atoms. The Labute approximate surface area is 77.4 Å². The molecule has 0 aromatic rings. The third-order valence-corrected chi connectivity index (χ3v) is 1.96. The van der Waals surface area contributed by atoms with Crippen molar-refractivity contribution in [3.05, 3.63) is 12.2 Å². The molecule has 0 saturated heterocycles. The third-order valence-electron chi connectivity index (χ3n) is 1.23. The zero-order valence-electron chi connectivity index (χ0n) is 6.43. The van der Waals surface area contributed by atoms with Gasteiger partial charge in [-0.05, 0) is 15.9 Å². The van der Waals surface area contributed by atoms with Crippen molar-refractivity contribution in [2.45, 2.75) is 18.2 Å². The fraction of sp³-hybridized carbons (Fsp3) is 0.571. The maximum atomic E-state index is 12.4. The fourth-order valence-electron chi connectivity index (χ4n) is 0.482. The molecule has 1 atom stereocenters. The molecular formula is C7H9BrF2O2. The summed E-state index contributed by atoms with van der Waals surface area (Å²) in [6.07, 6.45) is 2.15. The number of carboxylic acid groups (broad SMARTS) is 1. The van der Waals surface area contributed by atoms with Gasteiger partial charge in [0.1, 0.15) is 0 Å². The minimum Gasteiger partial charge on any atom is -0.481 e. The summed E-state index contributed by atoms with van der Waals surface area (Å²) in [6.45, 7) is 1.30. The quantitative estimate of drug-likeness (QED) is 0.608.